The summed E-state index contributed by atoms with van der Waals surface area (Å²) in [5.41, 5.74) is 5.03. The van der Waals surface area contributed by atoms with Crippen LogP contribution in [0.2, 0.25) is 5.02 Å². The summed E-state index contributed by atoms with van der Waals surface area (Å²) in [5, 5.41) is 7.52. The summed E-state index contributed by atoms with van der Waals surface area (Å²) in [4.78, 5) is 18.2. The highest BCUT2D eigenvalue weighted by Crippen LogP contribution is 2.36. The van der Waals surface area contributed by atoms with Crippen molar-refractivity contribution in [2.45, 2.75) is 33.1 Å². The molecule has 166 valence electrons. The third kappa shape index (κ3) is 4.15. The summed E-state index contributed by atoms with van der Waals surface area (Å²) in [6.07, 6.45) is 5.94. The summed E-state index contributed by atoms with van der Waals surface area (Å²) in [7, 11) is 1.59. The van der Waals surface area contributed by atoms with E-state index in [0.29, 0.717) is 29.5 Å². The van der Waals surface area contributed by atoms with Gasteiger partial charge in [0.05, 0.1) is 37.1 Å². The number of benzene rings is 1. The van der Waals surface area contributed by atoms with Gasteiger partial charge in [-0.15, -0.1) is 0 Å². The molecule has 6 nitrogen and oxygen atoms in total. The maximum atomic E-state index is 13.6. The van der Waals surface area contributed by atoms with Gasteiger partial charge in [-0.05, 0) is 54.7 Å². The number of hydrogen-bond donors (Lipinski definition) is 1. The van der Waals surface area contributed by atoms with Crippen LogP contribution >= 0.6 is 11.6 Å². The fraction of sp³-hybridized carbons (Fsp3) is 0.320. The van der Waals surface area contributed by atoms with Crippen LogP contribution in [0.4, 0.5) is 0 Å². The smallest absolute Gasteiger partial charge is 0.218 e. The SMILES string of the molecule is C/C=C(/C(=O)C1COc2ccc(Cl)cc2C1)c1cnc(-c2cn[nH]c2OC)cc1C(C)C. The van der Waals surface area contributed by atoms with Crippen LogP contribution in [0.25, 0.3) is 16.8 Å². The molecule has 3 aromatic rings. The van der Waals surface area contributed by atoms with Crippen LogP contribution in [-0.2, 0) is 11.2 Å². The van der Waals surface area contributed by atoms with Crippen molar-refractivity contribution < 1.29 is 14.3 Å². The van der Waals surface area contributed by atoms with Gasteiger partial charge in [0.15, 0.2) is 5.78 Å². The van der Waals surface area contributed by atoms with E-state index in [1.54, 1.807) is 25.6 Å². The average molecular weight is 452 g/mol. The molecule has 0 saturated carbocycles. The van der Waals surface area contributed by atoms with Gasteiger partial charge in [0, 0.05) is 22.4 Å². The number of ether oxygens (including phenoxy) is 2. The highest BCUT2D eigenvalue weighted by Gasteiger charge is 2.30. The van der Waals surface area contributed by atoms with Crippen molar-refractivity contribution >= 4 is 23.0 Å². The average Bonchev–Trinajstić information content (AvgIpc) is 3.28. The minimum atomic E-state index is -0.277. The maximum Gasteiger partial charge on any atom is 0.218 e. The second-order valence-corrected chi connectivity index (χ2v) is 8.60. The molecule has 32 heavy (non-hydrogen) atoms. The number of Topliss-reactive ketones (excluding diaryl/α,β-unsaturated/α-hetero) is 1. The molecule has 3 heterocycles. The van der Waals surface area contributed by atoms with E-state index in [9.17, 15) is 4.79 Å². The normalized spacial score (nSPS) is 15.9. The second-order valence-electron chi connectivity index (χ2n) is 8.16. The van der Waals surface area contributed by atoms with Gasteiger partial charge in [-0.1, -0.05) is 31.5 Å². The van der Waals surface area contributed by atoms with Gasteiger partial charge in [-0.3, -0.25) is 9.78 Å². The summed E-state index contributed by atoms with van der Waals surface area (Å²) >= 11 is 6.15. The quantitative estimate of drug-likeness (QED) is 0.502. The lowest BCUT2D eigenvalue weighted by Crippen LogP contribution is -2.29. The van der Waals surface area contributed by atoms with Crippen LogP contribution in [0.5, 0.6) is 11.6 Å². The lowest BCUT2D eigenvalue weighted by Gasteiger charge is -2.26. The topological polar surface area (TPSA) is 77.1 Å². The molecule has 0 amide bonds. The predicted molar refractivity (Wildman–Crippen MR) is 125 cm³/mol. The van der Waals surface area contributed by atoms with E-state index in [1.807, 2.05) is 31.2 Å². The number of H-pyrrole nitrogens is 1. The van der Waals surface area contributed by atoms with Gasteiger partial charge in [0.2, 0.25) is 5.88 Å². The van der Waals surface area contributed by atoms with E-state index in [2.05, 4.69) is 29.0 Å². The maximum absolute atomic E-state index is 13.6. The molecule has 2 aromatic heterocycles. The van der Waals surface area contributed by atoms with Crippen molar-refractivity contribution in [3.63, 3.8) is 0 Å². The number of aromatic nitrogens is 3. The van der Waals surface area contributed by atoms with Gasteiger partial charge in [0.25, 0.3) is 0 Å². The zero-order chi connectivity index (χ0) is 22.8. The fourth-order valence-electron chi connectivity index (χ4n) is 4.12. The number of pyridine rings is 1. The number of hydrogen-bond acceptors (Lipinski definition) is 5. The van der Waals surface area contributed by atoms with Gasteiger partial charge in [-0.2, -0.15) is 5.10 Å². The molecule has 0 aliphatic carbocycles. The summed E-state index contributed by atoms with van der Waals surface area (Å²) < 4.78 is 11.2. The van der Waals surface area contributed by atoms with Crippen LogP contribution in [0.3, 0.4) is 0 Å². The molecular weight excluding hydrogens is 426 g/mol. The van der Waals surface area contributed by atoms with Crippen molar-refractivity contribution in [1.82, 2.24) is 15.2 Å². The molecule has 0 bridgehead atoms. The van der Waals surface area contributed by atoms with E-state index in [0.717, 1.165) is 33.7 Å². The predicted octanol–water partition coefficient (Wildman–Crippen LogP) is 5.48. The first-order valence-electron chi connectivity index (χ1n) is 10.6. The molecule has 0 spiro atoms. The Labute approximate surface area is 192 Å². The number of ketones is 1. The van der Waals surface area contributed by atoms with E-state index in [1.165, 1.54) is 0 Å². The van der Waals surface area contributed by atoms with Crippen molar-refractivity contribution in [2.24, 2.45) is 5.92 Å². The van der Waals surface area contributed by atoms with E-state index in [4.69, 9.17) is 21.1 Å². The Balaban J connectivity index is 1.67. The minimum absolute atomic E-state index is 0.0514. The van der Waals surface area contributed by atoms with Crippen LogP contribution in [0.1, 0.15) is 43.4 Å². The van der Waals surface area contributed by atoms with Crippen molar-refractivity contribution in [3.8, 4) is 22.9 Å². The monoisotopic (exact) mass is 451 g/mol. The number of methoxy groups -OCH3 is 1. The minimum Gasteiger partial charge on any atom is -0.493 e. The number of halogens is 1. The number of nitrogens with one attached hydrogen (secondary N) is 1. The number of nitrogens with zero attached hydrogens (tertiary/aromatic N) is 2. The van der Waals surface area contributed by atoms with Gasteiger partial charge < -0.3 is 9.47 Å². The number of carbonyl (C=O) groups excluding carboxylic acids is 1. The molecule has 0 radical (unpaired) electrons. The molecule has 4 rings (SSSR count). The third-order valence-corrected chi connectivity index (χ3v) is 6.02. The summed E-state index contributed by atoms with van der Waals surface area (Å²) in [6, 6.07) is 7.55. The summed E-state index contributed by atoms with van der Waals surface area (Å²) in [5.74, 6) is 1.31. The van der Waals surface area contributed by atoms with Crippen molar-refractivity contribution in [3.05, 3.63) is 64.4 Å². The first-order chi connectivity index (χ1) is 15.4. The van der Waals surface area contributed by atoms with Crippen LogP contribution in [0, 0.1) is 5.92 Å². The molecule has 1 N–H and O–H groups in total. The number of aromatic amines is 1. The first kappa shape index (κ1) is 22.1. The van der Waals surface area contributed by atoms with Gasteiger partial charge in [-0.25, -0.2) is 5.10 Å². The van der Waals surface area contributed by atoms with E-state index in [-0.39, 0.29) is 17.6 Å². The fourth-order valence-corrected chi connectivity index (χ4v) is 4.31. The zero-order valence-corrected chi connectivity index (χ0v) is 19.4. The number of allylic oxidation sites excluding steroid dienone is 2. The molecule has 1 aliphatic rings. The van der Waals surface area contributed by atoms with Gasteiger partial charge in [0.1, 0.15) is 5.75 Å². The van der Waals surface area contributed by atoms with Crippen molar-refractivity contribution in [1.29, 1.82) is 0 Å². The van der Waals surface area contributed by atoms with E-state index < -0.39 is 0 Å². The lowest BCUT2D eigenvalue weighted by molar-refractivity contribution is -0.118. The highest BCUT2D eigenvalue weighted by atomic mass is 35.5. The molecular formula is C25H26ClN3O3. The Morgan fingerprint density at radius 1 is 1.31 bits per heavy atom. The molecule has 1 atom stereocenters. The first-order valence-corrected chi connectivity index (χ1v) is 11.0. The Bertz CT molecular complexity index is 1180. The number of carbonyl (C=O) groups is 1. The largest absolute Gasteiger partial charge is 0.493 e. The number of rotatable bonds is 6. The molecule has 0 saturated heterocycles. The highest BCUT2D eigenvalue weighted by molar-refractivity contribution is 6.30. The van der Waals surface area contributed by atoms with Gasteiger partial charge >= 0.3 is 0 Å². The zero-order valence-electron chi connectivity index (χ0n) is 18.6. The molecule has 7 heteroatoms. The summed E-state index contributed by atoms with van der Waals surface area (Å²) in [6.45, 7) is 6.45. The standard InChI is InChI=1S/C25H26ClN3O3/c1-5-18(24(30)16-8-15-9-17(26)6-7-23(15)32-13-16)20-11-27-22(10-19(20)14(2)3)21-12-28-29-25(21)31-4/h5-7,9-12,14,16H,8,13H2,1-4H3,(H,28,29)/b18-5+. The Morgan fingerprint density at radius 3 is 2.84 bits per heavy atom. The molecule has 1 aromatic carbocycles. The van der Waals surface area contributed by atoms with Crippen LogP contribution in [0.15, 0.2) is 42.7 Å². The van der Waals surface area contributed by atoms with Crippen LogP contribution in [-0.4, -0.2) is 34.7 Å². The van der Waals surface area contributed by atoms with Crippen LogP contribution < -0.4 is 9.47 Å². The number of fused-ring (bicyclic) bond motifs is 1. The molecule has 1 aliphatic heterocycles. The van der Waals surface area contributed by atoms with E-state index >= 15 is 0 Å². The Morgan fingerprint density at radius 2 is 2.12 bits per heavy atom. The molecule has 1 unspecified atom stereocenters. The second kappa shape index (κ2) is 9.17. The third-order valence-electron chi connectivity index (χ3n) is 5.79. The van der Waals surface area contributed by atoms with Crippen molar-refractivity contribution in [2.75, 3.05) is 13.7 Å². The molecule has 0 fully saturated rings. The lowest BCUT2D eigenvalue weighted by atomic mass is 9.84. The Hall–Kier alpha value is -3.12. The Kier molecular flexibility index (Phi) is 6.33.